The maximum atomic E-state index is 12.7. The second-order valence-corrected chi connectivity index (χ2v) is 7.90. The minimum Gasteiger partial charge on any atom is -0.455 e. The van der Waals surface area contributed by atoms with Crippen LogP contribution in [-0.2, 0) is 0 Å². The molecule has 8 heteroatoms. The zero-order valence-electron chi connectivity index (χ0n) is 18.4. The number of fused-ring (bicyclic) bond motifs is 2. The molecule has 0 radical (unpaired) electrons. The van der Waals surface area contributed by atoms with Crippen molar-refractivity contribution in [3.05, 3.63) is 99.3 Å². The molecule has 3 aromatic carbocycles. The topological polar surface area (TPSA) is 107 Å². The van der Waals surface area contributed by atoms with Crippen molar-refractivity contribution in [2.24, 2.45) is 4.99 Å². The van der Waals surface area contributed by atoms with Gasteiger partial charge in [0.2, 0.25) is 0 Å². The highest BCUT2D eigenvalue weighted by molar-refractivity contribution is 6.08. The summed E-state index contributed by atoms with van der Waals surface area (Å²) >= 11 is 0. The van der Waals surface area contributed by atoms with Crippen molar-refractivity contribution in [1.82, 2.24) is 0 Å². The van der Waals surface area contributed by atoms with Gasteiger partial charge in [0.25, 0.3) is 11.6 Å². The third kappa shape index (κ3) is 3.93. The van der Waals surface area contributed by atoms with Gasteiger partial charge in [-0.3, -0.25) is 19.9 Å². The number of hydrogen-bond acceptors (Lipinski definition) is 6. The second-order valence-electron chi connectivity index (χ2n) is 7.90. The van der Waals surface area contributed by atoms with Gasteiger partial charge in [-0.15, -0.1) is 0 Å². The summed E-state index contributed by atoms with van der Waals surface area (Å²) in [5.41, 5.74) is 3.70. The first-order valence-electron chi connectivity index (χ1n) is 10.5. The molecule has 2 heterocycles. The van der Waals surface area contributed by atoms with Crippen LogP contribution in [0.2, 0.25) is 0 Å². The van der Waals surface area contributed by atoms with Crippen molar-refractivity contribution >= 4 is 29.2 Å². The molecule has 1 N–H and O–H groups in total. The van der Waals surface area contributed by atoms with E-state index in [4.69, 9.17) is 9.15 Å². The first kappa shape index (κ1) is 21.1. The highest BCUT2D eigenvalue weighted by Crippen LogP contribution is 2.37. The van der Waals surface area contributed by atoms with Crippen molar-refractivity contribution in [3.63, 3.8) is 0 Å². The van der Waals surface area contributed by atoms with Crippen LogP contribution in [0, 0.1) is 24.0 Å². The molecule has 4 aromatic rings. The third-order valence-electron chi connectivity index (χ3n) is 5.54. The summed E-state index contributed by atoms with van der Waals surface area (Å²) in [7, 11) is 0. The summed E-state index contributed by atoms with van der Waals surface area (Å²) in [6.45, 7) is 3.50. The fourth-order valence-electron chi connectivity index (χ4n) is 3.80. The van der Waals surface area contributed by atoms with E-state index in [1.165, 1.54) is 0 Å². The third-order valence-corrected chi connectivity index (χ3v) is 5.54. The van der Waals surface area contributed by atoms with Gasteiger partial charge in [0, 0.05) is 17.2 Å². The maximum Gasteiger partial charge on any atom is 0.272 e. The Morgan fingerprint density at radius 3 is 2.59 bits per heavy atom. The van der Waals surface area contributed by atoms with Crippen molar-refractivity contribution < 1.29 is 18.9 Å². The van der Waals surface area contributed by atoms with E-state index in [9.17, 15) is 14.9 Å². The summed E-state index contributed by atoms with van der Waals surface area (Å²) in [5, 5.41) is 14.0. The van der Waals surface area contributed by atoms with E-state index in [2.05, 4.69) is 10.3 Å². The Balaban J connectivity index is 1.39. The molecule has 0 saturated heterocycles. The number of para-hydroxylation sites is 2. The molecule has 0 saturated carbocycles. The number of nitrogens with one attached hydrogen (secondary N) is 1. The van der Waals surface area contributed by atoms with Gasteiger partial charge in [-0.25, -0.2) is 0 Å². The van der Waals surface area contributed by atoms with Crippen LogP contribution < -0.4 is 10.1 Å². The first-order chi connectivity index (χ1) is 16.4. The van der Waals surface area contributed by atoms with Gasteiger partial charge in [0.05, 0.1) is 28.1 Å². The van der Waals surface area contributed by atoms with Gasteiger partial charge < -0.3 is 14.5 Å². The number of nitrogens with zero attached hydrogens (tertiary/aromatic N) is 2. The summed E-state index contributed by atoms with van der Waals surface area (Å²) in [5.74, 6) is 1.84. The fourth-order valence-corrected chi connectivity index (χ4v) is 3.80. The number of nitro groups is 1. The number of amides is 1. The quantitative estimate of drug-likeness (QED) is 0.213. The minimum atomic E-state index is -0.392. The molecule has 0 aliphatic carbocycles. The molecule has 0 unspecified atom stereocenters. The average Bonchev–Trinajstić information content (AvgIpc) is 3.23. The average molecular weight is 453 g/mol. The van der Waals surface area contributed by atoms with Crippen LogP contribution in [0.25, 0.3) is 11.3 Å². The maximum absolute atomic E-state index is 12.7. The van der Waals surface area contributed by atoms with Crippen molar-refractivity contribution in [2.45, 2.75) is 13.8 Å². The molecule has 0 fully saturated rings. The van der Waals surface area contributed by atoms with Gasteiger partial charge in [-0.1, -0.05) is 12.1 Å². The summed E-state index contributed by atoms with van der Waals surface area (Å²) in [4.78, 5) is 27.9. The van der Waals surface area contributed by atoms with Crippen molar-refractivity contribution in [2.75, 3.05) is 5.32 Å². The Kier molecular flexibility index (Phi) is 5.18. The molecule has 34 heavy (non-hydrogen) atoms. The van der Waals surface area contributed by atoms with Gasteiger partial charge in [0.15, 0.2) is 5.75 Å². The molecule has 0 bridgehead atoms. The Morgan fingerprint density at radius 1 is 0.941 bits per heavy atom. The number of anilines is 1. The number of aliphatic imine (C=N–C) groups is 1. The summed E-state index contributed by atoms with van der Waals surface area (Å²) < 4.78 is 11.8. The van der Waals surface area contributed by atoms with E-state index < -0.39 is 4.92 Å². The van der Waals surface area contributed by atoms with Gasteiger partial charge in [-0.05, 0) is 67.9 Å². The number of hydrogen-bond donors (Lipinski definition) is 1. The molecule has 0 spiro atoms. The van der Waals surface area contributed by atoms with E-state index in [0.717, 1.165) is 11.1 Å². The molecule has 1 aliphatic heterocycles. The lowest BCUT2D eigenvalue weighted by Gasteiger charge is -2.07. The van der Waals surface area contributed by atoms with Gasteiger partial charge >= 0.3 is 0 Å². The second kappa shape index (κ2) is 8.32. The van der Waals surface area contributed by atoms with Crippen LogP contribution in [-0.4, -0.2) is 17.0 Å². The zero-order chi connectivity index (χ0) is 23.8. The molecular formula is C26H19N3O5. The minimum absolute atomic E-state index is 0.0777. The molecule has 1 amide bonds. The summed E-state index contributed by atoms with van der Waals surface area (Å²) in [6.07, 6.45) is 1.56. The van der Waals surface area contributed by atoms with Crippen molar-refractivity contribution in [1.29, 1.82) is 0 Å². The fraction of sp³-hybridized carbons (Fsp3) is 0.0769. The lowest BCUT2D eigenvalue weighted by molar-refractivity contribution is -0.385. The van der Waals surface area contributed by atoms with E-state index in [-0.39, 0.29) is 11.6 Å². The number of benzene rings is 3. The van der Waals surface area contributed by atoms with E-state index in [1.54, 1.807) is 74.7 Å². The zero-order valence-corrected chi connectivity index (χ0v) is 18.4. The lowest BCUT2D eigenvalue weighted by Crippen LogP contribution is -2.10. The predicted molar refractivity (Wildman–Crippen MR) is 128 cm³/mol. The normalized spacial score (nSPS) is 12.5. The monoisotopic (exact) mass is 453 g/mol. The molecule has 5 rings (SSSR count). The van der Waals surface area contributed by atoms with Crippen LogP contribution in [0.15, 0.2) is 76.1 Å². The van der Waals surface area contributed by atoms with Crippen LogP contribution in [0.3, 0.4) is 0 Å². The van der Waals surface area contributed by atoms with E-state index in [1.807, 2.05) is 12.1 Å². The highest BCUT2D eigenvalue weighted by atomic mass is 16.6. The largest absolute Gasteiger partial charge is 0.455 e. The SMILES string of the molecule is Cc1cc([N+](=O)[O-])c(C)cc1-c1ccc(C=Nc2ccc3c(c2)C(=O)Nc2ccccc2O3)o1. The predicted octanol–water partition coefficient (Wildman–Crippen LogP) is 6.58. The van der Waals surface area contributed by atoms with Crippen LogP contribution >= 0.6 is 0 Å². The number of aryl methyl sites for hydroxylation is 2. The van der Waals surface area contributed by atoms with E-state index >= 15 is 0 Å². The van der Waals surface area contributed by atoms with Gasteiger partial charge in [-0.2, -0.15) is 0 Å². The lowest BCUT2D eigenvalue weighted by atomic mass is 10.0. The Hall–Kier alpha value is -4.72. The molecule has 1 aromatic heterocycles. The number of furan rings is 1. The first-order valence-corrected chi connectivity index (χ1v) is 10.5. The molecular weight excluding hydrogens is 434 g/mol. The van der Waals surface area contributed by atoms with Gasteiger partial charge in [0.1, 0.15) is 17.3 Å². The Morgan fingerprint density at radius 2 is 1.76 bits per heavy atom. The number of carbonyl (C=O) groups is 1. The standard InChI is InChI=1S/C26H19N3O5/c1-15-12-22(29(31)32)16(2)11-19(15)23-10-8-18(33-23)14-27-17-7-9-24-20(13-17)26(30)28-21-5-3-4-6-25(21)34-24/h3-14H,1-2H3,(H,28,30). The number of ether oxygens (including phenoxy) is 1. The molecule has 168 valence electrons. The smallest absolute Gasteiger partial charge is 0.272 e. The number of carbonyl (C=O) groups excluding carboxylic acids is 1. The molecule has 8 nitrogen and oxygen atoms in total. The highest BCUT2D eigenvalue weighted by Gasteiger charge is 2.21. The van der Waals surface area contributed by atoms with Crippen LogP contribution in [0.5, 0.6) is 11.5 Å². The number of rotatable bonds is 4. The Bertz CT molecular complexity index is 1490. The van der Waals surface area contributed by atoms with Crippen LogP contribution in [0.1, 0.15) is 27.2 Å². The molecule has 1 aliphatic rings. The van der Waals surface area contributed by atoms with E-state index in [0.29, 0.717) is 45.5 Å². The Labute approximate surface area is 194 Å². The van der Waals surface area contributed by atoms with Crippen LogP contribution in [0.4, 0.5) is 17.1 Å². The summed E-state index contributed by atoms with van der Waals surface area (Å²) in [6, 6.07) is 19.2. The van der Waals surface area contributed by atoms with Crippen molar-refractivity contribution in [3.8, 4) is 22.8 Å². The molecule has 0 atom stereocenters. The number of nitro benzene ring substituents is 1.